The number of aromatic nitrogens is 2. The van der Waals surface area contributed by atoms with Crippen LogP contribution in [0.15, 0.2) is 6.20 Å². The molecule has 1 aromatic rings. The molecule has 2 rings (SSSR count). The molecule has 4 heteroatoms. The first-order valence-electron chi connectivity index (χ1n) is 8.79. The Balaban J connectivity index is 1.73. The first kappa shape index (κ1) is 17.5. The van der Waals surface area contributed by atoms with Crippen molar-refractivity contribution >= 4 is 0 Å². The molecule has 0 aromatic carbocycles. The first-order valence-corrected chi connectivity index (χ1v) is 8.79. The van der Waals surface area contributed by atoms with E-state index in [1.165, 1.54) is 30.5 Å². The van der Waals surface area contributed by atoms with E-state index in [1.807, 2.05) is 11.7 Å². The molecule has 1 aromatic heterocycles. The first-order chi connectivity index (χ1) is 10.4. The van der Waals surface area contributed by atoms with Gasteiger partial charge < -0.3 is 10.4 Å². The summed E-state index contributed by atoms with van der Waals surface area (Å²) in [4.78, 5) is 0. The lowest BCUT2D eigenvalue weighted by molar-refractivity contribution is 0.0643. The number of nitrogens with zero attached hydrogens (tertiary/aromatic N) is 2. The third-order valence-electron chi connectivity index (χ3n) is 4.73. The number of aliphatic hydroxyl groups is 1. The number of nitrogens with one attached hydrogen (secondary N) is 1. The molecule has 0 radical (unpaired) electrons. The average Bonchev–Trinajstić information content (AvgIpc) is 2.81. The Morgan fingerprint density at radius 3 is 2.73 bits per heavy atom. The van der Waals surface area contributed by atoms with Crippen molar-refractivity contribution in [1.29, 1.82) is 0 Å². The molecule has 0 bridgehead atoms. The van der Waals surface area contributed by atoms with Gasteiger partial charge in [0.25, 0.3) is 0 Å². The van der Waals surface area contributed by atoms with Gasteiger partial charge in [0.2, 0.25) is 0 Å². The molecule has 2 N–H and O–H groups in total. The fourth-order valence-electron chi connectivity index (χ4n) is 3.54. The van der Waals surface area contributed by atoms with Gasteiger partial charge in [0.05, 0.1) is 11.8 Å². The van der Waals surface area contributed by atoms with Crippen LogP contribution in [-0.2, 0) is 19.0 Å². The number of hydrogen-bond donors (Lipinski definition) is 2. The third kappa shape index (κ3) is 4.82. The highest BCUT2D eigenvalue weighted by molar-refractivity contribution is 5.23. The third-order valence-corrected chi connectivity index (χ3v) is 4.73. The van der Waals surface area contributed by atoms with E-state index in [0.29, 0.717) is 5.92 Å². The summed E-state index contributed by atoms with van der Waals surface area (Å²) in [6, 6.07) is 0. The van der Waals surface area contributed by atoms with E-state index >= 15 is 0 Å². The van der Waals surface area contributed by atoms with Gasteiger partial charge in [0.1, 0.15) is 0 Å². The van der Waals surface area contributed by atoms with Gasteiger partial charge in [-0.3, -0.25) is 4.68 Å². The number of aliphatic hydroxyl groups excluding tert-OH is 1. The Bertz CT molecular complexity index is 461. The maximum atomic E-state index is 10.0. The smallest absolute Gasteiger partial charge is 0.0722 e. The van der Waals surface area contributed by atoms with Gasteiger partial charge in [-0.2, -0.15) is 5.10 Å². The molecule has 0 saturated heterocycles. The van der Waals surface area contributed by atoms with Crippen LogP contribution in [0.3, 0.4) is 0 Å². The highest BCUT2D eigenvalue weighted by atomic mass is 16.3. The Morgan fingerprint density at radius 2 is 2.05 bits per heavy atom. The Morgan fingerprint density at radius 1 is 1.32 bits per heavy atom. The van der Waals surface area contributed by atoms with E-state index < -0.39 is 0 Å². The van der Waals surface area contributed by atoms with Crippen molar-refractivity contribution < 1.29 is 5.11 Å². The monoisotopic (exact) mass is 307 g/mol. The van der Waals surface area contributed by atoms with E-state index in [0.717, 1.165) is 32.4 Å². The topological polar surface area (TPSA) is 50.1 Å². The van der Waals surface area contributed by atoms with Crippen molar-refractivity contribution in [3.8, 4) is 0 Å². The molecule has 1 aliphatic carbocycles. The minimum atomic E-state index is -0.0560. The normalized spacial score (nSPS) is 23.0. The predicted molar refractivity (Wildman–Crippen MR) is 90.8 cm³/mol. The molecule has 0 amide bonds. The summed E-state index contributed by atoms with van der Waals surface area (Å²) >= 11 is 0. The van der Waals surface area contributed by atoms with Crippen LogP contribution in [-0.4, -0.2) is 27.5 Å². The molecule has 22 heavy (non-hydrogen) atoms. The van der Waals surface area contributed by atoms with Crippen LogP contribution in [0.1, 0.15) is 70.6 Å². The predicted octanol–water partition coefficient (Wildman–Crippen LogP) is 3.14. The van der Waals surface area contributed by atoms with Crippen LogP contribution in [0.5, 0.6) is 0 Å². The van der Waals surface area contributed by atoms with Crippen LogP contribution < -0.4 is 5.32 Å². The van der Waals surface area contributed by atoms with Gasteiger partial charge >= 0.3 is 0 Å². The maximum absolute atomic E-state index is 10.0. The van der Waals surface area contributed by atoms with Crippen molar-refractivity contribution in [2.75, 3.05) is 6.54 Å². The van der Waals surface area contributed by atoms with Crippen molar-refractivity contribution in [3.05, 3.63) is 17.5 Å². The summed E-state index contributed by atoms with van der Waals surface area (Å²) in [6.07, 6.45) is 9.06. The van der Waals surface area contributed by atoms with Crippen LogP contribution in [0.2, 0.25) is 0 Å². The van der Waals surface area contributed by atoms with Gasteiger partial charge in [0.15, 0.2) is 0 Å². The van der Waals surface area contributed by atoms with E-state index in [2.05, 4.69) is 37.4 Å². The lowest BCUT2D eigenvalue weighted by Gasteiger charge is -2.27. The number of aryl methyl sites for hydroxylation is 1. The highest BCUT2D eigenvalue weighted by Gasteiger charge is 2.23. The van der Waals surface area contributed by atoms with Gasteiger partial charge in [-0.25, -0.2) is 0 Å². The second-order valence-corrected chi connectivity index (χ2v) is 7.86. The van der Waals surface area contributed by atoms with Gasteiger partial charge in [0, 0.05) is 30.8 Å². The quantitative estimate of drug-likeness (QED) is 0.794. The van der Waals surface area contributed by atoms with Gasteiger partial charge in [-0.15, -0.1) is 0 Å². The number of rotatable bonds is 6. The number of hydrogen-bond acceptors (Lipinski definition) is 3. The summed E-state index contributed by atoms with van der Waals surface area (Å²) in [5.74, 6) is 0.527. The lowest BCUT2D eigenvalue weighted by atomic mass is 9.83. The van der Waals surface area contributed by atoms with E-state index in [-0.39, 0.29) is 11.5 Å². The minimum Gasteiger partial charge on any atom is -0.393 e. The highest BCUT2D eigenvalue weighted by Crippen LogP contribution is 2.28. The molecule has 126 valence electrons. The van der Waals surface area contributed by atoms with Crippen LogP contribution >= 0.6 is 0 Å². The fraction of sp³-hybridized carbons (Fsp3) is 0.833. The summed E-state index contributed by atoms with van der Waals surface area (Å²) < 4.78 is 1.91. The fourth-order valence-corrected chi connectivity index (χ4v) is 3.54. The largest absolute Gasteiger partial charge is 0.393 e. The second kappa shape index (κ2) is 7.60. The SMILES string of the molecule is Cn1cc(CNCCCC2CCCCC2O)c(C(C)(C)C)n1. The summed E-state index contributed by atoms with van der Waals surface area (Å²) in [5, 5.41) is 18.2. The zero-order chi connectivity index (χ0) is 16.2. The lowest BCUT2D eigenvalue weighted by Crippen LogP contribution is -2.26. The van der Waals surface area contributed by atoms with E-state index in [1.54, 1.807) is 0 Å². The molecule has 2 atom stereocenters. The Kier molecular flexibility index (Phi) is 6.04. The second-order valence-electron chi connectivity index (χ2n) is 7.86. The molecular weight excluding hydrogens is 274 g/mol. The van der Waals surface area contributed by atoms with E-state index in [9.17, 15) is 5.11 Å². The molecule has 0 spiro atoms. The zero-order valence-electron chi connectivity index (χ0n) is 14.7. The standard InChI is InChI=1S/C18H33N3O/c1-18(2,3)17-15(13-21(4)20-17)12-19-11-7-9-14-8-5-6-10-16(14)22/h13-14,16,19,22H,5-12H2,1-4H3. The van der Waals surface area contributed by atoms with Gasteiger partial charge in [-0.1, -0.05) is 33.6 Å². The van der Waals surface area contributed by atoms with Crippen molar-refractivity contribution in [2.45, 2.75) is 77.4 Å². The molecule has 1 heterocycles. The molecular formula is C18H33N3O. The summed E-state index contributed by atoms with van der Waals surface area (Å²) in [5.41, 5.74) is 2.57. The molecule has 0 aliphatic heterocycles. The minimum absolute atomic E-state index is 0.0560. The maximum Gasteiger partial charge on any atom is 0.0722 e. The summed E-state index contributed by atoms with van der Waals surface area (Å²) in [6.45, 7) is 8.53. The van der Waals surface area contributed by atoms with Crippen molar-refractivity contribution in [3.63, 3.8) is 0 Å². The average molecular weight is 307 g/mol. The molecule has 1 fully saturated rings. The van der Waals surface area contributed by atoms with Crippen molar-refractivity contribution in [1.82, 2.24) is 15.1 Å². The van der Waals surface area contributed by atoms with Crippen LogP contribution in [0, 0.1) is 5.92 Å². The zero-order valence-corrected chi connectivity index (χ0v) is 14.7. The van der Waals surface area contributed by atoms with Crippen molar-refractivity contribution in [2.24, 2.45) is 13.0 Å². The summed E-state index contributed by atoms with van der Waals surface area (Å²) in [7, 11) is 1.99. The molecule has 1 aliphatic rings. The Labute approximate surface area is 135 Å². The Hall–Kier alpha value is -0.870. The van der Waals surface area contributed by atoms with Crippen LogP contribution in [0.4, 0.5) is 0 Å². The molecule has 4 nitrogen and oxygen atoms in total. The van der Waals surface area contributed by atoms with E-state index in [4.69, 9.17) is 0 Å². The molecule has 2 unspecified atom stereocenters. The van der Waals surface area contributed by atoms with Gasteiger partial charge in [-0.05, 0) is 38.1 Å². The van der Waals surface area contributed by atoms with Crippen LogP contribution in [0.25, 0.3) is 0 Å². The molecule has 1 saturated carbocycles.